The molecule has 120 heavy (non-hydrogen) atoms. The summed E-state index contributed by atoms with van der Waals surface area (Å²) in [7, 11) is 4.14. The summed E-state index contributed by atoms with van der Waals surface area (Å²) in [6.45, 7) is 31.2. The summed E-state index contributed by atoms with van der Waals surface area (Å²) in [5.41, 5.74) is 16.1. The Kier molecular flexibility index (Phi) is 44.1. The normalized spacial score (nSPS) is 13.5. The van der Waals surface area contributed by atoms with Crippen molar-refractivity contribution in [2.24, 2.45) is 35.5 Å². The molecule has 0 N–H and O–H groups in total. The third-order valence-corrected chi connectivity index (χ3v) is 24.0. The Labute approximate surface area is 732 Å². The van der Waals surface area contributed by atoms with Gasteiger partial charge in [-0.25, -0.2) is 0 Å². The average Bonchev–Trinajstić information content (AvgIpc) is 0.822. The zero-order chi connectivity index (χ0) is 85.5. The number of benzene rings is 8. The Balaban J connectivity index is 1.11. The van der Waals surface area contributed by atoms with E-state index >= 15 is 0 Å². The van der Waals surface area contributed by atoms with Crippen molar-refractivity contribution in [2.45, 2.75) is 237 Å². The van der Waals surface area contributed by atoms with Crippen LogP contribution < -0.4 is 33.3 Å². The monoisotopic (exact) mass is 1640 g/mol. The smallest absolute Gasteiger partial charge is 0.130 e. The molecule has 0 aliphatic rings. The van der Waals surface area contributed by atoms with Gasteiger partial charge in [-0.15, -0.1) is 0 Å². The van der Waals surface area contributed by atoms with Crippen LogP contribution >= 0.6 is 11.6 Å². The fourth-order valence-corrected chi connectivity index (χ4v) is 15.0. The maximum absolute atomic E-state index is 7.08. The summed E-state index contributed by atoms with van der Waals surface area (Å²) in [4.78, 5) is 2.12. The minimum absolute atomic E-state index is 0.437. The van der Waals surface area contributed by atoms with Crippen LogP contribution in [0.3, 0.4) is 0 Å². The minimum Gasteiger partial charge on any atom is -0.493 e. The molecule has 8 aromatic rings. The first-order chi connectivity index (χ1) is 58.6. The first-order valence-electron chi connectivity index (χ1n) is 46.5. The summed E-state index contributed by atoms with van der Waals surface area (Å²) in [5.74, 6) is 7.75. The molecule has 0 spiro atoms. The lowest BCUT2D eigenvalue weighted by Crippen LogP contribution is -2.14. The van der Waals surface area contributed by atoms with Crippen LogP contribution in [0.5, 0.6) is 34.5 Å². The van der Waals surface area contributed by atoms with Crippen molar-refractivity contribution in [3.8, 4) is 34.5 Å². The number of hydrogen-bond donors (Lipinski definition) is 0. The van der Waals surface area contributed by atoms with Crippen LogP contribution in [0, 0.1) is 35.5 Å². The highest BCUT2D eigenvalue weighted by atomic mass is 35.5. The highest BCUT2D eigenvalue weighted by molar-refractivity contribution is 6.30. The van der Waals surface area contributed by atoms with Gasteiger partial charge in [-0.2, -0.15) is 0 Å². The van der Waals surface area contributed by atoms with E-state index in [1.54, 1.807) is 0 Å². The average molecular weight is 1640 g/mol. The molecule has 7 nitrogen and oxygen atoms in total. The molecular weight excluding hydrogens is 1490 g/mol. The van der Waals surface area contributed by atoms with Crippen molar-refractivity contribution >= 4 is 102 Å². The Morgan fingerprint density at radius 3 is 0.575 bits per heavy atom. The van der Waals surface area contributed by atoms with Gasteiger partial charge >= 0.3 is 0 Å². The van der Waals surface area contributed by atoms with Gasteiger partial charge in [0.1, 0.15) is 34.5 Å². The quantitative estimate of drug-likeness (QED) is 0.0352. The number of unbranched alkanes of at least 4 members (excludes halogenated alkanes) is 6. The molecule has 8 rings (SSSR count). The first kappa shape index (κ1) is 96.3. The summed E-state index contributed by atoms with van der Waals surface area (Å²) < 4.78 is 42.0. The molecule has 0 radical (unpaired) electrons. The fourth-order valence-electron chi connectivity index (χ4n) is 14.9. The highest BCUT2D eigenvalue weighted by Crippen LogP contribution is 2.40. The van der Waals surface area contributed by atoms with E-state index in [2.05, 4.69) is 333 Å². The maximum atomic E-state index is 7.08. The molecule has 6 unspecified atom stereocenters. The van der Waals surface area contributed by atoms with Crippen molar-refractivity contribution in [2.75, 3.05) is 58.6 Å². The van der Waals surface area contributed by atoms with E-state index in [0.717, 1.165) is 202 Å². The van der Waals surface area contributed by atoms with Gasteiger partial charge in [-0.05, 0) is 214 Å². The van der Waals surface area contributed by atoms with E-state index in [9.17, 15) is 0 Å². The predicted octanol–water partition coefficient (Wildman–Crippen LogP) is 33.2. The van der Waals surface area contributed by atoms with Gasteiger partial charge in [0.2, 0.25) is 0 Å². The molecule has 0 amide bonds. The van der Waals surface area contributed by atoms with E-state index in [4.69, 9.17) is 40.0 Å². The van der Waals surface area contributed by atoms with E-state index in [1.165, 1.54) is 75.5 Å². The van der Waals surface area contributed by atoms with E-state index < -0.39 is 0 Å². The molecule has 0 heterocycles. The fraction of sp³-hybridized carbons (Fsp3) is 0.446. The van der Waals surface area contributed by atoms with Gasteiger partial charge in [0, 0.05) is 24.8 Å². The molecule has 0 bridgehead atoms. The predicted molar refractivity (Wildman–Crippen MR) is 526 cm³/mol. The molecule has 0 saturated heterocycles. The summed E-state index contributed by atoms with van der Waals surface area (Å²) in [6.07, 6.45) is 58.1. The topological polar surface area (TPSA) is 58.6 Å². The van der Waals surface area contributed by atoms with Crippen LogP contribution in [0.15, 0.2) is 158 Å². The third kappa shape index (κ3) is 33.7. The van der Waals surface area contributed by atoms with Crippen LogP contribution in [0.2, 0.25) is 5.02 Å². The molecule has 0 aromatic heterocycles. The molecule has 6 atom stereocenters. The maximum Gasteiger partial charge on any atom is 0.130 e. The SMILES string of the molecule is CCCCC(CC)COc1cc(/C=C/c2ccc(/C=C/c3c(OCC(CC)CCCC)cc(/C=C/c4ccc(/C=C/c5c(OCC(CC)CCCC)cc(/C=C/c6ccc(/C=C/c7ccc(N(C)C)cc7)cc6)cc5OCC(CC)CCCC)cc4)cc3OCC(CC)CCCC)cc2)cc(OCC(CC)CCCC)c1/C=C/c1ccc(Cl)cc1. The van der Waals surface area contributed by atoms with Crippen molar-refractivity contribution in [3.05, 3.63) is 241 Å². The summed E-state index contributed by atoms with van der Waals surface area (Å²) in [5, 5.41) is 0.718. The number of anilines is 1. The molecule has 644 valence electrons. The van der Waals surface area contributed by atoms with Crippen LogP contribution in [0.1, 0.15) is 315 Å². The lowest BCUT2D eigenvalue weighted by Gasteiger charge is -2.21. The molecule has 0 aliphatic heterocycles. The van der Waals surface area contributed by atoms with Crippen LogP contribution in [-0.4, -0.2) is 53.7 Å². The van der Waals surface area contributed by atoms with Gasteiger partial charge in [0.05, 0.1) is 56.3 Å². The van der Waals surface area contributed by atoms with Crippen LogP contribution in [-0.2, 0) is 0 Å². The zero-order valence-corrected chi connectivity index (χ0v) is 76.8. The number of ether oxygens (including phenoxy) is 6. The van der Waals surface area contributed by atoms with Gasteiger partial charge < -0.3 is 33.3 Å². The molecule has 0 saturated carbocycles. The first-order valence-corrected chi connectivity index (χ1v) is 46.9. The standard InChI is InChI=1S/C112H148ClNO6/c1-15-27-33-85(21-7)79-115-107-73-99(56-53-92-41-39-91(40-42-92)47-52-97-61-68-103(69-62-97)114(13)14)74-108(116-80-86(22-8)34-28-16-2)104(107)70-63-95-48-43-93(44-49-95)54-57-100-75-109(117-81-87(23-9)35-29-17-3)105(110(76-100)118-82-88(24-10)36-30-18-4)71-64-96-50-45-94(46-51-96)55-58-101-77-111(119-83-89(25-11)37-31-19-5)106(72-65-98-59-66-102(113)67-60-98)112(78-101)120-84-90(26-12)38-32-20-6/h39-78,85-90H,15-38,79-84H2,1-14H3/b52-47+,56-53+,57-54+,58-55+,70-63+,71-64+,72-65+. The Bertz CT molecular complexity index is 4300. The molecule has 8 aromatic carbocycles. The van der Waals surface area contributed by atoms with Gasteiger partial charge in [-0.1, -0.05) is 374 Å². The second-order valence-corrected chi connectivity index (χ2v) is 34.0. The van der Waals surface area contributed by atoms with Gasteiger partial charge in [0.15, 0.2) is 0 Å². The van der Waals surface area contributed by atoms with Crippen molar-refractivity contribution in [3.63, 3.8) is 0 Å². The van der Waals surface area contributed by atoms with Crippen LogP contribution in [0.4, 0.5) is 5.69 Å². The highest BCUT2D eigenvalue weighted by Gasteiger charge is 2.21. The number of hydrogen-bond acceptors (Lipinski definition) is 7. The third-order valence-electron chi connectivity index (χ3n) is 23.8. The van der Waals surface area contributed by atoms with Crippen LogP contribution in [0.25, 0.3) is 85.1 Å². The molecule has 0 aliphatic carbocycles. The minimum atomic E-state index is 0.437. The Hall–Kier alpha value is -9.17. The lowest BCUT2D eigenvalue weighted by molar-refractivity contribution is 0.222. The zero-order valence-electron chi connectivity index (χ0n) is 76.0. The lowest BCUT2D eigenvalue weighted by atomic mass is 9.99. The van der Waals surface area contributed by atoms with Crippen molar-refractivity contribution in [1.82, 2.24) is 0 Å². The van der Waals surface area contributed by atoms with Crippen molar-refractivity contribution < 1.29 is 28.4 Å². The Morgan fingerprint density at radius 1 is 0.233 bits per heavy atom. The number of halogens is 1. The Morgan fingerprint density at radius 2 is 0.400 bits per heavy atom. The van der Waals surface area contributed by atoms with E-state index in [1.807, 2.05) is 12.1 Å². The molecule has 0 fully saturated rings. The number of nitrogens with zero attached hydrogens (tertiary/aromatic N) is 1. The van der Waals surface area contributed by atoms with Gasteiger partial charge in [0.25, 0.3) is 0 Å². The summed E-state index contributed by atoms with van der Waals surface area (Å²) in [6, 6.07) is 56.3. The summed E-state index contributed by atoms with van der Waals surface area (Å²) >= 11 is 6.35. The molecular formula is C112H148ClNO6. The second kappa shape index (κ2) is 55.0. The second-order valence-electron chi connectivity index (χ2n) is 33.5. The molecule has 8 heteroatoms. The largest absolute Gasteiger partial charge is 0.493 e. The van der Waals surface area contributed by atoms with E-state index in [0.29, 0.717) is 75.1 Å². The number of rotatable bonds is 57. The van der Waals surface area contributed by atoms with Crippen molar-refractivity contribution in [1.29, 1.82) is 0 Å². The van der Waals surface area contributed by atoms with Gasteiger partial charge in [-0.3, -0.25) is 0 Å². The van der Waals surface area contributed by atoms with E-state index in [-0.39, 0.29) is 0 Å².